The van der Waals surface area contributed by atoms with Gasteiger partial charge in [-0.2, -0.15) is 0 Å². The molecule has 0 aromatic carbocycles. The fraction of sp³-hybridized carbons (Fsp3) is 0.931. The van der Waals surface area contributed by atoms with E-state index >= 15 is 0 Å². The molecule has 31 heavy (non-hydrogen) atoms. The van der Waals surface area contributed by atoms with Crippen molar-refractivity contribution < 1.29 is 10.2 Å². The van der Waals surface area contributed by atoms with Gasteiger partial charge in [0.05, 0.1) is 12.2 Å². The number of fused-ring (bicyclic) bond motifs is 5. The van der Waals surface area contributed by atoms with Crippen LogP contribution in [0, 0.1) is 52.3 Å². The van der Waals surface area contributed by atoms with Crippen molar-refractivity contribution in [2.45, 2.75) is 118 Å². The van der Waals surface area contributed by atoms with Crippen LogP contribution in [0.25, 0.3) is 0 Å². The zero-order valence-corrected chi connectivity index (χ0v) is 21.2. The van der Waals surface area contributed by atoms with Crippen molar-refractivity contribution in [2.75, 3.05) is 0 Å². The molecule has 0 aliphatic heterocycles. The molecular weight excluding hydrogens is 380 g/mol. The molecule has 178 valence electrons. The van der Waals surface area contributed by atoms with Gasteiger partial charge in [0, 0.05) is 0 Å². The SMILES string of the molecule is CC[C@H](CC(O)[C@@H](C)[C@H]1CC[C@H]2[C@@H]3CC=C4CC(O)CC[C@]4(C)[C@H]3CC[C@]12C)C(C)C. The summed E-state index contributed by atoms with van der Waals surface area (Å²) in [6, 6.07) is 0. The van der Waals surface area contributed by atoms with Crippen LogP contribution in [0.4, 0.5) is 0 Å². The molecule has 0 saturated heterocycles. The van der Waals surface area contributed by atoms with E-state index in [0.29, 0.717) is 34.5 Å². The highest BCUT2D eigenvalue weighted by Gasteiger charge is 2.59. The summed E-state index contributed by atoms with van der Waals surface area (Å²) in [5.41, 5.74) is 2.31. The van der Waals surface area contributed by atoms with Crippen LogP contribution in [0.1, 0.15) is 106 Å². The molecule has 0 aromatic rings. The molecule has 4 aliphatic rings. The van der Waals surface area contributed by atoms with Crippen LogP contribution in [0.2, 0.25) is 0 Å². The normalized spacial score (nSPS) is 45.3. The average molecular weight is 431 g/mol. The molecule has 0 radical (unpaired) electrons. The Morgan fingerprint density at radius 3 is 2.45 bits per heavy atom. The van der Waals surface area contributed by atoms with Crippen molar-refractivity contribution in [3.63, 3.8) is 0 Å². The number of hydrogen-bond acceptors (Lipinski definition) is 2. The number of hydrogen-bond donors (Lipinski definition) is 2. The minimum Gasteiger partial charge on any atom is -0.393 e. The lowest BCUT2D eigenvalue weighted by Crippen LogP contribution is -2.51. The van der Waals surface area contributed by atoms with Crippen molar-refractivity contribution in [3.8, 4) is 0 Å². The third-order valence-corrected chi connectivity index (χ3v) is 11.4. The highest BCUT2D eigenvalue weighted by molar-refractivity contribution is 5.25. The Hall–Kier alpha value is -0.340. The predicted molar refractivity (Wildman–Crippen MR) is 130 cm³/mol. The summed E-state index contributed by atoms with van der Waals surface area (Å²) < 4.78 is 0. The average Bonchev–Trinajstić information content (AvgIpc) is 3.08. The number of rotatable bonds is 6. The Balaban J connectivity index is 1.50. The number of aliphatic hydroxyl groups is 2. The van der Waals surface area contributed by atoms with Crippen LogP contribution in [0.15, 0.2) is 11.6 Å². The van der Waals surface area contributed by atoms with Crippen molar-refractivity contribution >= 4 is 0 Å². The summed E-state index contributed by atoms with van der Waals surface area (Å²) >= 11 is 0. The summed E-state index contributed by atoms with van der Waals surface area (Å²) in [4.78, 5) is 0. The molecule has 0 amide bonds. The van der Waals surface area contributed by atoms with Crippen LogP contribution < -0.4 is 0 Å². The summed E-state index contributed by atoms with van der Waals surface area (Å²) in [6.07, 6.45) is 14.1. The summed E-state index contributed by atoms with van der Waals surface area (Å²) in [5, 5.41) is 21.5. The van der Waals surface area contributed by atoms with E-state index in [9.17, 15) is 10.2 Å². The molecule has 2 unspecified atom stereocenters. The molecule has 4 aliphatic carbocycles. The van der Waals surface area contributed by atoms with Crippen LogP contribution >= 0.6 is 0 Å². The third kappa shape index (κ3) is 3.96. The Morgan fingerprint density at radius 1 is 1.03 bits per heavy atom. The second-order valence-electron chi connectivity index (χ2n) is 13.0. The Morgan fingerprint density at radius 2 is 1.77 bits per heavy atom. The van der Waals surface area contributed by atoms with Crippen LogP contribution in [-0.2, 0) is 0 Å². The van der Waals surface area contributed by atoms with Crippen molar-refractivity contribution in [2.24, 2.45) is 52.3 Å². The Kier molecular flexibility index (Phi) is 6.75. The smallest absolute Gasteiger partial charge is 0.0577 e. The van der Waals surface area contributed by atoms with Gasteiger partial charge >= 0.3 is 0 Å². The van der Waals surface area contributed by atoms with E-state index in [0.717, 1.165) is 37.0 Å². The zero-order chi connectivity index (χ0) is 22.6. The predicted octanol–water partition coefficient (Wildman–Crippen LogP) is 7.00. The van der Waals surface area contributed by atoms with Crippen molar-refractivity contribution in [3.05, 3.63) is 11.6 Å². The molecular formula is C29H50O2. The van der Waals surface area contributed by atoms with Crippen LogP contribution in [0.3, 0.4) is 0 Å². The summed E-state index contributed by atoms with van der Waals surface area (Å²) in [6.45, 7) is 14.4. The summed E-state index contributed by atoms with van der Waals surface area (Å²) in [5.74, 6) is 4.82. The lowest BCUT2D eigenvalue weighted by atomic mass is 9.47. The van der Waals surface area contributed by atoms with Crippen molar-refractivity contribution in [1.29, 1.82) is 0 Å². The first-order valence-electron chi connectivity index (χ1n) is 13.7. The number of aliphatic hydroxyl groups excluding tert-OH is 2. The van der Waals surface area contributed by atoms with E-state index in [4.69, 9.17) is 0 Å². The fourth-order valence-corrected chi connectivity index (χ4v) is 9.25. The number of allylic oxidation sites excluding steroid dienone is 1. The molecule has 2 nitrogen and oxygen atoms in total. The van der Waals surface area contributed by atoms with Gasteiger partial charge in [-0.15, -0.1) is 0 Å². The largest absolute Gasteiger partial charge is 0.393 e. The zero-order valence-electron chi connectivity index (χ0n) is 21.2. The Bertz CT molecular complexity index is 668. The first-order valence-corrected chi connectivity index (χ1v) is 13.7. The van der Waals surface area contributed by atoms with Crippen molar-refractivity contribution in [1.82, 2.24) is 0 Å². The molecule has 3 fully saturated rings. The minimum atomic E-state index is -0.152. The molecule has 0 spiro atoms. The van der Waals surface area contributed by atoms with E-state index in [1.807, 2.05) is 0 Å². The van der Waals surface area contributed by atoms with E-state index in [1.165, 1.54) is 44.9 Å². The quantitative estimate of drug-likeness (QED) is 0.446. The maximum Gasteiger partial charge on any atom is 0.0577 e. The van der Waals surface area contributed by atoms with Gasteiger partial charge in [0.1, 0.15) is 0 Å². The van der Waals surface area contributed by atoms with E-state index in [1.54, 1.807) is 5.57 Å². The maximum absolute atomic E-state index is 11.3. The van der Waals surface area contributed by atoms with E-state index < -0.39 is 0 Å². The topological polar surface area (TPSA) is 40.5 Å². The highest BCUT2D eigenvalue weighted by atomic mass is 16.3. The highest BCUT2D eigenvalue weighted by Crippen LogP contribution is 2.67. The molecule has 10 atom stereocenters. The maximum atomic E-state index is 11.3. The van der Waals surface area contributed by atoms with E-state index in [-0.39, 0.29) is 12.2 Å². The van der Waals surface area contributed by atoms with Gasteiger partial charge < -0.3 is 10.2 Å². The first kappa shape index (κ1) is 23.8. The van der Waals surface area contributed by atoms with Crippen LogP contribution in [-0.4, -0.2) is 22.4 Å². The van der Waals surface area contributed by atoms with Gasteiger partial charge in [0.25, 0.3) is 0 Å². The third-order valence-electron chi connectivity index (χ3n) is 11.4. The molecule has 0 heterocycles. The van der Waals surface area contributed by atoms with Gasteiger partial charge in [-0.05, 0) is 110 Å². The second-order valence-corrected chi connectivity index (χ2v) is 13.0. The van der Waals surface area contributed by atoms with E-state index in [2.05, 4.69) is 47.6 Å². The monoisotopic (exact) mass is 430 g/mol. The molecule has 4 rings (SSSR count). The summed E-state index contributed by atoms with van der Waals surface area (Å²) in [7, 11) is 0. The standard InChI is InChI=1S/C29H50O2/c1-7-20(18(2)3)16-27(31)19(4)24-10-11-25-23-9-8-21-17-22(30)12-14-28(21,5)26(23)13-15-29(24,25)6/h8,18-20,22-27,30-31H,7,9-17H2,1-6H3/t19-,20+,22?,23-,24+,25-,26-,27?,28-,29+/m0/s1. The van der Waals surface area contributed by atoms with Gasteiger partial charge in [-0.25, -0.2) is 0 Å². The van der Waals surface area contributed by atoms with Gasteiger partial charge in [0.2, 0.25) is 0 Å². The second kappa shape index (κ2) is 8.79. The lowest BCUT2D eigenvalue weighted by Gasteiger charge is -2.58. The van der Waals surface area contributed by atoms with Gasteiger partial charge in [-0.3, -0.25) is 0 Å². The van der Waals surface area contributed by atoms with Crippen LogP contribution in [0.5, 0.6) is 0 Å². The van der Waals surface area contributed by atoms with Gasteiger partial charge in [0.15, 0.2) is 0 Å². The first-order chi connectivity index (χ1) is 14.6. The lowest BCUT2D eigenvalue weighted by molar-refractivity contribution is -0.0696. The molecule has 3 saturated carbocycles. The minimum absolute atomic E-state index is 0.110. The molecule has 2 heteroatoms. The molecule has 0 bridgehead atoms. The van der Waals surface area contributed by atoms with Gasteiger partial charge in [-0.1, -0.05) is 59.6 Å². The fourth-order valence-electron chi connectivity index (χ4n) is 9.25. The Labute approximate surface area is 192 Å². The molecule has 2 N–H and O–H groups in total. The molecule has 0 aromatic heterocycles.